The van der Waals surface area contributed by atoms with Gasteiger partial charge in [0, 0.05) is 57.4 Å². The Morgan fingerprint density at radius 2 is 1.23 bits per heavy atom. The Labute approximate surface area is 395 Å². The SMILES string of the molecule is CC(C)(C)OC(=O)N(Cc1ccc2c(c1)OCCO2)C1CCN(CCn2c(=O)cnc3ncccc32)CC1.O=CCn1c(=O)cnc2ncccc21.O=c1cnc2ncccc2n1CC1OCCO1. The van der Waals surface area contributed by atoms with Crippen LogP contribution in [0, 0.1) is 0 Å². The van der Waals surface area contributed by atoms with Crippen molar-refractivity contribution >= 4 is 45.9 Å². The molecule has 7 aromatic rings. The molecule has 1 amide bonds. The summed E-state index contributed by atoms with van der Waals surface area (Å²) >= 11 is 0. The smallest absolute Gasteiger partial charge is 0.410 e. The van der Waals surface area contributed by atoms with Crippen molar-refractivity contribution in [2.45, 2.75) is 77.7 Å². The zero-order chi connectivity index (χ0) is 48.3. The average Bonchev–Trinajstić information content (AvgIpc) is 3.88. The third-order valence-electron chi connectivity index (χ3n) is 11.4. The van der Waals surface area contributed by atoms with Crippen LogP contribution >= 0.6 is 0 Å². The summed E-state index contributed by atoms with van der Waals surface area (Å²) in [5.41, 5.74) is 3.38. The number of likely N-dealkylation sites (tertiary alicyclic amines) is 1. The number of fused-ring (bicyclic) bond motifs is 4. The van der Waals surface area contributed by atoms with E-state index in [0.717, 1.165) is 49.3 Å². The molecule has 69 heavy (non-hydrogen) atoms. The summed E-state index contributed by atoms with van der Waals surface area (Å²) in [6.45, 7) is 11.6. The lowest BCUT2D eigenvalue weighted by Gasteiger charge is -2.39. The number of carbonyl (C=O) groups is 2. The predicted octanol–water partition coefficient (Wildman–Crippen LogP) is 3.62. The monoisotopic (exact) mass is 943 g/mol. The number of nitrogens with zero attached hydrogens (tertiary/aromatic N) is 11. The fourth-order valence-electron chi connectivity index (χ4n) is 8.10. The fraction of sp³-hybridized carbons (Fsp3) is 0.396. The molecule has 0 saturated carbocycles. The summed E-state index contributed by atoms with van der Waals surface area (Å²) in [6.07, 6.45) is 10.3. The molecule has 0 atom stereocenters. The van der Waals surface area contributed by atoms with Crippen molar-refractivity contribution in [3.05, 3.63) is 128 Å². The molecule has 6 aromatic heterocycles. The van der Waals surface area contributed by atoms with Crippen LogP contribution in [0.4, 0.5) is 4.79 Å². The number of ether oxygens (including phenoxy) is 5. The van der Waals surface area contributed by atoms with Crippen molar-refractivity contribution in [2.75, 3.05) is 46.1 Å². The van der Waals surface area contributed by atoms with Gasteiger partial charge in [0.25, 0.3) is 16.7 Å². The zero-order valence-corrected chi connectivity index (χ0v) is 38.6. The number of amides is 1. The molecule has 2 fully saturated rings. The number of piperidine rings is 1. The fourth-order valence-corrected chi connectivity index (χ4v) is 8.10. The Hall–Kier alpha value is -7.49. The van der Waals surface area contributed by atoms with E-state index in [1.54, 1.807) is 45.9 Å². The first-order chi connectivity index (χ1) is 33.4. The molecule has 3 aliphatic heterocycles. The summed E-state index contributed by atoms with van der Waals surface area (Å²) in [7, 11) is 0. The van der Waals surface area contributed by atoms with Crippen LogP contribution in [0.1, 0.15) is 39.2 Å². The minimum Gasteiger partial charge on any atom is -0.486 e. The lowest BCUT2D eigenvalue weighted by molar-refractivity contribution is -0.108. The van der Waals surface area contributed by atoms with E-state index in [-0.39, 0.29) is 41.6 Å². The maximum Gasteiger partial charge on any atom is 0.410 e. The number of hydrogen-bond donors (Lipinski definition) is 0. The van der Waals surface area contributed by atoms with Crippen LogP contribution < -0.4 is 26.2 Å². The largest absolute Gasteiger partial charge is 0.486 e. The van der Waals surface area contributed by atoms with E-state index < -0.39 is 5.60 Å². The number of benzene rings is 1. The van der Waals surface area contributed by atoms with Crippen molar-refractivity contribution < 1.29 is 33.3 Å². The lowest BCUT2D eigenvalue weighted by Crippen LogP contribution is -2.49. The van der Waals surface area contributed by atoms with E-state index in [0.29, 0.717) is 86.1 Å². The number of rotatable bonds is 10. The molecule has 3 aliphatic rings. The molecule has 1 aromatic carbocycles. The van der Waals surface area contributed by atoms with Gasteiger partial charge in [0.05, 0.1) is 61.4 Å². The van der Waals surface area contributed by atoms with Gasteiger partial charge in [-0.05, 0) is 87.7 Å². The molecule has 21 heteroatoms. The first-order valence-electron chi connectivity index (χ1n) is 22.6. The second kappa shape index (κ2) is 22.1. The molecule has 9 heterocycles. The number of aromatic nitrogens is 9. The summed E-state index contributed by atoms with van der Waals surface area (Å²) in [5, 5.41) is 0. The van der Waals surface area contributed by atoms with Crippen LogP contribution in [-0.2, 0) is 45.2 Å². The molecule has 360 valence electrons. The van der Waals surface area contributed by atoms with Crippen LogP contribution in [0.5, 0.6) is 11.5 Å². The first kappa shape index (κ1) is 48.0. The molecule has 0 unspecified atom stereocenters. The number of aldehydes is 1. The lowest BCUT2D eigenvalue weighted by atomic mass is 10.0. The van der Waals surface area contributed by atoms with E-state index in [1.807, 2.05) is 62.1 Å². The van der Waals surface area contributed by atoms with Gasteiger partial charge in [0.2, 0.25) is 0 Å². The van der Waals surface area contributed by atoms with Crippen LogP contribution in [0.15, 0.2) is 106 Å². The molecular formula is C48H53N11O10. The minimum absolute atomic E-state index is 0.0313. The van der Waals surface area contributed by atoms with Crippen molar-refractivity contribution in [3.8, 4) is 11.5 Å². The van der Waals surface area contributed by atoms with Gasteiger partial charge in [-0.1, -0.05) is 6.07 Å². The van der Waals surface area contributed by atoms with Gasteiger partial charge in [-0.2, -0.15) is 0 Å². The van der Waals surface area contributed by atoms with Crippen molar-refractivity contribution in [1.29, 1.82) is 0 Å². The first-order valence-corrected chi connectivity index (χ1v) is 22.6. The molecule has 0 radical (unpaired) electrons. The van der Waals surface area contributed by atoms with Gasteiger partial charge >= 0.3 is 6.09 Å². The molecule has 0 N–H and O–H groups in total. The molecule has 2 saturated heterocycles. The number of hydrogen-bond acceptors (Lipinski definition) is 17. The summed E-state index contributed by atoms with van der Waals surface area (Å²) in [6, 6.07) is 16.6. The van der Waals surface area contributed by atoms with Crippen molar-refractivity contribution in [1.82, 2.24) is 53.4 Å². The van der Waals surface area contributed by atoms with Crippen LogP contribution in [0.25, 0.3) is 33.5 Å². The van der Waals surface area contributed by atoms with Gasteiger partial charge < -0.3 is 42.8 Å². The Morgan fingerprint density at radius 3 is 1.81 bits per heavy atom. The van der Waals surface area contributed by atoms with Gasteiger partial charge in [0.15, 0.2) is 34.7 Å². The second-order valence-electron chi connectivity index (χ2n) is 17.2. The van der Waals surface area contributed by atoms with E-state index >= 15 is 0 Å². The highest BCUT2D eigenvalue weighted by molar-refractivity contribution is 5.71. The maximum absolute atomic E-state index is 13.3. The Kier molecular flexibility index (Phi) is 15.4. The average molecular weight is 944 g/mol. The molecule has 0 aliphatic carbocycles. The third-order valence-corrected chi connectivity index (χ3v) is 11.4. The maximum atomic E-state index is 13.3. The molecule has 10 rings (SSSR count). The third kappa shape index (κ3) is 12.2. The highest BCUT2D eigenvalue weighted by Gasteiger charge is 2.32. The minimum atomic E-state index is -0.585. The van der Waals surface area contributed by atoms with Gasteiger partial charge in [-0.25, -0.2) is 34.7 Å². The molecular weight excluding hydrogens is 891 g/mol. The predicted molar refractivity (Wildman–Crippen MR) is 252 cm³/mol. The van der Waals surface area contributed by atoms with Gasteiger partial charge in [0.1, 0.15) is 25.1 Å². The molecule has 21 nitrogen and oxygen atoms in total. The van der Waals surface area contributed by atoms with E-state index in [9.17, 15) is 24.0 Å². The quantitative estimate of drug-likeness (QED) is 0.178. The Morgan fingerprint density at radius 1 is 0.696 bits per heavy atom. The highest BCUT2D eigenvalue weighted by Crippen LogP contribution is 2.32. The van der Waals surface area contributed by atoms with E-state index in [1.165, 1.54) is 23.2 Å². The van der Waals surface area contributed by atoms with Crippen molar-refractivity contribution in [2.24, 2.45) is 0 Å². The Balaban J connectivity index is 0.000000168. The summed E-state index contributed by atoms with van der Waals surface area (Å²) < 4.78 is 32.5. The van der Waals surface area contributed by atoms with Crippen LogP contribution in [0.3, 0.4) is 0 Å². The topological polar surface area (TPSA) is 230 Å². The number of pyridine rings is 3. The Bertz CT molecular complexity index is 3090. The van der Waals surface area contributed by atoms with E-state index in [2.05, 4.69) is 34.8 Å². The molecule has 0 spiro atoms. The van der Waals surface area contributed by atoms with Gasteiger partial charge in [-0.3, -0.25) is 23.5 Å². The zero-order valence-electron chi connectivity index (χ0n) is 38.6. The van der Waals surface area contributed by atoms with E-state index in [4.69, 9.17) is 23.7 Å². The second-order valence-corrected chi connectivity index (χ2v) is 17.2. The van der Waals surface area contributed by atoms with Crippen LogP contribution in [0.2, 0.25) is 0 Å². The van der Waals surface area contributed by atoms with Crippen LogP contribution in [-0.4, -0.2) is 130 Å². The molecule has 0 bridgehead atoms. The summed E-state index contributed by atoms with van der Waals surface area (Å²) in [5.74, 6) is 1.44. The van der Waals surface area contributed by atoms with Gasteiger partial charge in [-0.15, -0.1) is 0 Å². The summed E-state index contributed by atoms with van der Waals surface area (Å²) in [4.78, 5) is 87.8. The van der Waals surface area contributed by atoms with Crippen molar-refractivity contribution in [3.63, 3.8) is 0 Å². The normalized spacial score (nSPS) is 15.2. The highest BCUT2D eigenvalue weighted by atomic mass is 16.7. The standard InChI is InChI=1S/C28H35N5O5.C11H11N3O3.C9H7N3O2/c1-28(2,3)38-27(35)33(19-20-6-7-23-24(17-20)37-16-15-36-23)21-8-11-31(12-9-21)13-14-32-22-5-4-10-29-26(22)30-18-25(32)34;15-9-6-13-11-8(2-1-3-12-11)14(9)7-10-16-4-5-17-10;13-5-4-12-7-2-1-3-10-9(7)11-6-8(12)14/h4-7,10,17-18,21H,8-9,11-16,19H2,1-3H3;1-3,6,10H,4-5,7H2;1-3,5-6H,4H2. The number of carbonyl (C=O) groups excluding carboxylic acids is 2.